The lowest BCUT2D eigenvalue weighted by molar-refractivity contribution is -0.204. The molecule has 38 heavy (non-hydrogen) atoms. The number of rotatable bonds is 12. The molecule has 1 fully saturated rings. The van der Waals surface area contributed by atoms with Crippen LogP contribution in [0.1, 0.15) is 47.0 Å². The standard InChI is InChI=1S/C24H39N7O7/c1-5-6-12(2)7-24(3,4)23(37)25-8-14(34)30-15-17(35)18(36)22(38-19(15)13(33)9-32)31-21-16-20(27-10-26-16)28-11-29-21/h10-13,15,17-19,22,32-33,35-36H,5-9H2,1-4H3,(H,25,37)(H,30,34)(H2,26,27,28,29,31). The smallest absolute Gasteiger partial charge is 0.239 e. The minimum atomic E-state index is -1.60. The van der Waals surface area contributed by atoms with Crippen molar-refractivity contribution in [1.29, 1.82) is 0 Å². The quantitative estimate of drug-likeness (QED) is 0.165. The first kappa shape index (κ1) is 29.6. The van der Waals surface area contributed by atoms with E-state index in [9.17, 15) is 30.0 Å². The molecule has 2 aromatic rings. The molecule has 8 N–H and O–H groups in total. The average Bonchev–Trinajstić information content (AvgIpc) is 3.36. The SMILES string of the molecule is CCCC(C)CC(C)(C)C(=O)NCC(=O)NC1C(O)C(O)C(Nc2ncnc3nc[nH]c23)OC1C(O)CO. The third-order valence-electron chi connectivity index (χ3n) is 6.75. The number of ether oxygens (including phenoxy) is 1. The maximum Gasteiger partial charge on any atom is 0.239 e. The third-order valence-corrected chi connectivity index (χ3v) is 6.75. The molecule has 1 saturated heterocycles. The summed E-state index contributed by atoms with van der Waals surface area (Å²) in [6.45, 7) is 6.69. The lowest BCUT2D eigenvalue weighted by Crippen LogP contribution is -2.68. The molecular formula is C24H39N7O7. The van der Waals surface area contributed by atoms with Gasteiger partial charge in [-0.3, -0.25) is 9.59 Å². The second-order valence-corrected chi connectivity index (χ2v) is 10.5. The van der Waals surface area contributed by atoms with E-state index in [0.717, 1.165) is 12.8 Å². The number of hydrogen-bond acceptors (Lipinski definition) is 11. The van der Waals surface area contributed by atoms with Gasteiger partial charge in [-0.1, -0.05) is 40.5 Å². The first-order chi connectivity index (χ1) is 18.0. The highest BCUT2D eigenvalue weighted by Gasteiger charge is 2.48. The zero-order valence-electron chi connectivity index (χ0n) is 22.1. The molecule has 14 heteroatoms. The van der Waals surface area contributed by atoms with Crippen molar-refractivity contribution in [2.24, 2.45) is 11.3 Å². The van der Waals surface area contributed by atoms with Gasteiger partial charge in [0, 0.05) is 5.41 Å². The molecule has 0 bridgehead atoms. The number of anilines is 1. The number of hydrogen-bond donors (Lipinski definition) is 8. The normalized spacial score (nSPS) is 25.5. The second kappa shape index (κ2) is 12.8. The molecule has 3 rings (SSSR count). The van der Waals surface area contributed by atoms with Gasteiger partial charge in [-0.2, -0.15) is 0 Å². The Hall–Kier alpha value is -2.91. The minimum absolute atomic E-state index is 0.224. The molecule has 0 aromatic carbocycles. The highest BCUT2D eigenvalue weighted by molar-refractivity contribution is 5.87. The van der Waals surface area contributed by atoms with E-state index in [4.69, 9.17) is 4.74 Å². The van der Waals surface area contributed by atoms with E-state index in [2.05, 4.69) is 49.7 Å². The van der Waals surface area contributed by atoms with Crippen molar-refractivity contribution < 1.29 is 34.8 Å². The van der Waals surface area contributed by atoms with Gasteiger partial charge >= 0.3 is 0 Å². The van der Waals surface area contributed by atoms with Crippen LogP contribution in [0.2, 0.25) is 0 Å². The Morgan fingerprint density at radius 1 is 1.21 bits per heavy atom. The van der Waals surface area contributed by atoms with Crippen LogP contribution >= 0.6 is 0 Å². The zero-order valence-corrected chi connectivity index (χ0v) is 22.1. The van der Waals surface area contributed by atoms with Crippen LogP contribution in [0.4, 0.5) is 5.82 Å². The summed E-state index contributed by atoms with van der Waals surface area (Å²) < 4.78 is 5.78. The van der Waals surface area contributed by atoms with Crippen molar-refractivity contribution in [3.63, 3.8) is 0 Å². The molecule has 7 atom stereocenters. The lowest BCUT2D eigenvalue weighted by atomic mass is 9.81. The van der Waals surface area contributed by atoms with Gasteiger partial charge in [0.25, 0.3) is 0 Å². The average molecular weight is 538 g/mol. The van der Waals surface area contributed by atoms with E-state index in [0.29, 0.717) is 23.5 Å². The van der Waals surface area contributed by atoms with Gasteiger partial charge in [0.1, 0.15) is 36.3 Å². The van der Waals surface area contributed by atoms with E-state index < -0.39 is 54.6 Å². The summed E-state index contributed by atoms with van der Waals surface area (Å²) in [4.78, 5) is 40.4. The van der Waals surface area contributed by atoms with E-state index in [1.165, 1.54) is 12.7 Å². The maximum atomic E-state index is 12.7. The number of carbonyl (C=O) groups is 2. The topological polar surface area (TPSA) is 215 Å². The molecule has 0 spiro atoms. The minimum Gasteiger partial charge on any atom is -0.394 e. The predicted octanol–water partition coefficient (Wildman–Crippen LogP) is -0.982. The van der Waals surface area contributed by atoms with Crippen LogP contribution in [0.3, 0.4) is 0 Å². The van der Waals surface area contributed by atoms with Crippen molar-refractivity contribution in [3.05, 3.63) is 12.7 Å². The number of aliphatic hydroxyl groups excluding tert-OH is 4. The Morgan fingerprint density at radius 2 is 1.95 bits per heavy atom. The van der Waals surface area contributed by atoms with E-state index in [1.807, 2.05) is 13.8 Å². The van der Waals surface area contributed by atoms with Crippen molar-refractivity contribution in [2.45, 2.75) is 83.6 Å². The van der Waals surface area contributed by atoms with Crippen LogP contribution in [0.5, 0.6) is 0 Å². The van der Waals surface area contributed by atoms with E-state index in [-0.39, 0.29) is 18.3 Å². The first-order valence-corrected chi connectivity index (χ1v) is 12.8. The lowest BCUT2D eigenvalue weighted by Gasteiger charge is -2.44. The highest BCUT2D eigenvalue weighted by Crippen LogP contribution is 2.28. The van der Waals surface area contributed by atoms with Gasteiger partial charge in [0.15, 0.2) is 17.7 Å². The van der Waals surface area contributed by atoms with Gasteiger partial charge in [0.2, 0.25) is 11.8 Å². The van der Waals surface area contributed by atoms with Crippen molar-refractivity contribution in [3.8, 4) is 0 Å². The Kier molecular flexibility index (Phi) is 9.95. The summed E-state index contributed by atoms with van der Waals surface area (Å²) in [6, 6.07) is -1.29. The van der Waals surface area contributed by atoms with Crippen LogP contribution < -0.4 is 16.0 Å². The third kappa shape index (κ3) is 6.94. The number of amides is 2. The van der Waals surface area contributed by atoms with Gasteiger partial charge < -0.3 is 46.1 Å². The number of fused-ring (bicyclic) bond motifs is 1. The van der Waals surface area contributed by atoms with Gasteiger partial charge in [-0.15, -0.1) is 0 Å². The number of aromatic amines is 1. The molecule has 1 aliphatic rings. The largest absolute Gasteiger partial charge is 0.394 e. The fraction of sp³-hybridized carbons (Fsp3) is 0.708. The molecule has 14 nitrogen and oxygen atoms in total. The van der Waals surface area contributed by atoms with Crippen molar-refractivity contribution in [2.75, 3.05) is 18.5 Å². The summed E-state index contributed by atoms with van der Waals surface area (Å²) in [5.74, 6) is -0.379. The highest BCUT2D eigenvalue weighted by atomic mass is 16.5. The molecule has 0 radical (unpaired) electrons. The van der Waals surface area contributed by atoms with E-state index >= 15 is 0 Å². The zero-order chi connectivity index (χ0) is 28.0. The van der Waals surface area contributed by atoms with Crippen LogP contribution in [0.25, 0.3) is 11.2 Å². The Balaban J connectivity index is 1.65. The molecule has 2 aromatic heterocycles. The molecule has 2 amide bonds. The summed E-state index contributed by atoms with van der Waals surface area (Å²) in [7, 11) is 0. The number of carbonyl (C=O) groups excluding carboxylic acids is 2. The molecular weight excluding hydrogens is 498 g/mol. The summed E-state index contributed by atoms with van der Waals surface area (Å²) in [5.41, 5.74) is 0.0966. The van der Waals surface area contributed by atoms with Gasteiger partial charge in [-0.25, -0.2) is 15.0 Å². The first-order valence-electron chi connectivity index (χ1n) is 12.8. The number of nitrogens with zero attached hydrogens (tertiary/aromatic N) is 3. The summed E-state index contributed by atoms with van der Waals surface area (Å²) in [6.07, 6.45) is -1.91. The number of aliphatic hydroxyl groups is 4. The summed E-state index contributed by atoms with van der Waals surface area (Å²) >= 11 is 0. The summed E-state index contributed by atoms with van der Waals surface area (Å²) in [5, 5.41) is 49.5. The van der Waals surface area contributed by atoms with Gasteiger partial charge in [-0.05, 0) is 12.3 Å². The monoisotopic (exact) mass is 537 g/mol. The second-order valence-electron chi connectivity index (χ2n) is 10.5. The molecule has 7 unspecified atom stereocenters. The van der Waals surface area contributed by atoms with Crippen LogP contribution in [-0.2, 0) is 14.3 Å². The van der Waals surface area contributed by atoms with Crippen LogP contribution in [-0.4, -0.2) is 102 Å². The fourth-order valence-corrected chi connectivity index (χ4v) is 4.85. The van der Waals surface area contributed by atoms with Crippen molar-refractivity contribution in [1.82, 2.24) is 30.6 Å². The number of nitrogens with one attached hydrogen (secondary N) is 4. The van der Waals surface area contributed by atoms with E-state index in [1.54, 1.807) is 0 Å². The molecule has 212 valence electrons. The Morgan fingerprint density at radius 3 is 2.63 bits per heavy atom. The molecule has 3 heterocycles. The van der Waals surface area contributed by atoms with Crippen LogP contribution in [0.15, 0.2) is 12.7 Å². The number of imidazole rings is 1. The maximum absolute atomic E-state index is 12.7. The molecule has 0 saturated carbocycles. The molecule has 0 aliphatic carbocycles. The van der Waals surface area contributed by atoms with Crippen molar-refractivity contribution >= 4 is 28.8 Å². The predicted molar refractivity (Wildman–Crippen MR) is 136 cm³/mol. The van der Waals surface area contributed by atoms with Gasteiger partial charge in [0.05, 0.1) is 25.5 Å². The molecule has 1 aliphatic heterocycles. The number of H-pyrrole nitrogens is 1. The Bertz CT molecular complexity index is 1080. The fourth-order valence-electron chi connectivity index (χ4n) is 4.85. The Labute approximate surface area is 220 Å². The van der Waals surface area contributed by atoms with Crippen LogP contribution in [0, 0.1) is 11.3 Å². The number of aromatic nitrogens is 4.